The first-order valence-corrected chi connectivity index (χ1v) is 9.33. The molecule has 6 heteroatoms. The third-order valence-corrected chi connectivity index (χ3v) is 5.37. The smallest absolute Gasteiger partial charge is 0.138 e. The van der Waals surface area contributed by atoms with Crippen molar-refractivity contribution in [2.24, 2.45) is 5.10 Å². The van der Waals surface area contributed by atoms with Gasteiger partial charge in [0.25, 0.3) is 0 Å². The minimum absolute atomic E-state index is 0.444. The van der Waals surface area contributed by atoms with Gasteiger partial charge in [0.2, 0.25) is 0 Å². The lowest BCUT2D eigenvalue weighted by Gasteiger charge is -2.20. The second-order valence-electron chi connectivity index (χ2n) is 5.77. The van der Waals surface area contributed by atoms with Crippen LogP contribution in [0.25, 0.3) is 0 Å². The molecule has 2 aromatic carbocycles. The van der Waals surface area contributed by atoms with Crippen molar-refractivity contribution in [3.05, 3.63) is 58.6 Å². The molecule has 2 heterocycles. The molecule has 0 fully saturated rings. The van der Waals surface area contributed by atoms with Gasteiger partial charge in [0.15, 0.2) is 0 Å². The lowest BCUT2D eigenvalue weighted by molar-refractivity contribution is 0.379. The molecule has 2 aromatic rings. The molecule has 0 bridgehead atoms. The second-order valence-corrected chi connectivity index (χ2v) is 7.19. The first-order valence-electron chi connectivity index (χ1n) is 7.97. The van der Waals surface area contributed by atoms with Gasteiger partial charge in [-0.3, -0.25) is 5.01 Å². The van der Waals surface area contributed by atoms with Gasteiger partial charge < -0.3 is 10.1 Å². The van der Waals surface area contributed by atoms with Gasteiger partial charge in [-0.2, -0.15) is 5.10 Å². The van der Waals surface area contributed by atoms with Crippen LogP contribution in [0.4, 0.5) is 5.69 Å². The van der Waals surface area contributed by atoms with Crippen LogP contribution in [0.1, 0.15) is 11.1 Å². The summed E-state index contributed by atoms with van der Waals surface area (Å²) in [4.78, 5) is 0. The highest BCUT2D eigenvalue weighted by atomic mass is 35.5. The third kappa shape index (κ3) is 3.38. The summed E-state index contributed by atoms with van der Waals surface area (Å²) in [6.07, 6.45) is 1.08. The molecule has 124 valence electrons. The van der Waals surface area contributed by atoms with E-state index in [9.17, 15) is 0 Å². The summed E-state index contributed by atoms with van der Waals surface area (Å²) in [5, 5.41) is 11.7. The zero-order valence-electron chi connectivity index (χ0n) is 13.2. The fourth-order valence-electron chi connectivity index (χ4n) is 2.86. The molecular formula is C18H18ClN3OS. The highest BCUT2D eigenvalue weighted by Gasteiger charge is 2.19. The molecule has 0 atom stereocenters. The van der Waals surface area contributed by atoms with E-state index < -0.39 is 0 Å². The summed E-state index contributed by atoms with van der Waals surface area (Å²) < 4.78 is 5.78. The number of ether oxygens (including phenoxy) is 1. The molecule has 0 spiro atoms. The highest BCUT2D eigenvalue weighted by molar-refractivity contribution is 8.14. The van der Waals surface area contributed by atoms with Crippen molar-refractivity contribution in [2.45, 2.75) is 13.0 Å². The fraction of sp³-hybridized carbons (Fsp3) is 0.278. The van der Waals surface area contributed by atoms with E-state index in [0.717, 1.165) is 36.1 Å². The summed E-state index contributed by atoms with van der Waals surface area (Å²) in [5.41, 5.74) is 3.96. The zero-order chi connectivity index (χ0) is 16.4. The monoisotopic (exact) mass is 359 g/mol. The number of nitrogens with zero attached hydrogens (tertiary/aromatic N) is 2. The van der Waals surface area contributed by atoms with Crippen LogP contribution in [0.5, 0.6) is 5.75 Å². The molecule has 0 aliphatic carbocycles. The highest BCUT2D eigenvalue weighted by Crippen LogP contribution is 2.29. The molecule has 24 heavy (non-hydrogen) atoms. The Morgan fingerprint density at radius 2 is 2.12 bits per heavy atom. The zero-order valence-corrected chi connectivity index (χ0v) is 14.7. The van der Waals surface area contributed by atoms with Crippen LogP contribution < -0.4 is 15.1 Å². The molecule has 2 aliphatic heterocycles. The number of thioether (sulfide) groups is 1. The molecule has 4 rings (SSSR count). The van der Waals surface area contributed by atoms with Gasteiger partial charge in [0.05, 0.1) is 16.6 Å². The molecule has 0 saturated carbocycles. The van der Waals surface area contributed by atoms with Crippen LogP contribution in [-0.2, 0) is 13.0 Å². The maximum Gasteiger partial charge on any atom is 0.138 e. The number of hydrogen-bond acceptors (Lipinski definition) is 5. The Morgan fingerprint density at radius 1 is 1.21 bits per heavy atom. The molecule has 2 aliphatic rings. The third-order valence-electron chi connectivity index (χ3n) is 4.15. The Kier molecular flexibility index (Phi) is 4.65. The fourth-order valence-corrected chi connectivity index (χ4v) is 3.82. The number of rotatable bonds is 4. The Balaban J connectivity index is 1.44. The standard InChI is InChI=1S/C18H18ClN3OS/c19-16-3-1-2-4-17(16)23-11-18-21-22(12-24-18)15-6-5-14-10-20-8-7-13(14)9-15/h1-6,9,20H,7-8,10-12H2. The summed E-state index contributed by atoms with van der Waals surface area (Å²) >= 11 is 7.82. The minimum Gasteiger partial charge on any atom is -0.485 e. The van der Waals surface area contributed by atoms with Crippen molar-refractivity contribution in [1.29, 1.82) is 0 Å². The number of benzene rings is 2. The average Bonchev–Trinajstić information content (AvgIpc) is 3.10. The van der Waals surface area contributed by atoms with Crippen molar-refractivity contribution in [2.75, 3.05) is 24.0 Å². The van der Waals surface area contributed by atoms with Crippen molar-refractivity contribution < 1.29 is 4.74 Å². The van der Waals surface area contributed by atoms with E-state index in [4.69, 9.17) is 16.3 Å². The van der Waals surface area contributed by atoms with Gasteiger partial charge in [0, 0.05) is 6.54 Å². The van der Waals surface area contributed by atoms with Crippen LogP contribution in [0.3, 0.4) is 0 Å². The molecule has 4 nitrogen and oxygen atoms in total. The molecule has 0 aromatic heterocycles. The van der Waals surface area contributed by atoms with Gasteiger partial charge in [-0.15, -0.1) is 0 Å². The van der Waals surface area contributed by atoms with E-state index in [1.54, 1.807) is 11.8 Å². The van der Waals surface area contributed by atoms with Gasteiger partial charge in [-0.05, 0) is 48.4 Å². The number of hydrazone groups is 1. The number of anilines is 1. The van der Waals surface area contributed by atoms with Gasteiger partial charge in [0.1, 0.15) is 17.4 Å². The summed E-state index contributed by atoms with van der Waals surface area (Å²) in [7, 11) is 0. The topological polar surface area (TPSA) is 36.9 Å². The van der Waals surface area contributed by atoms with Crippen molar-refractivity contribution in [1.82, 2.24) is 5.32 Å². The summed E-state index contributed by atoms with van der Waals surface area (Å²) in [5.74, 6) is 1.51. The van der Waals surface area contributed by atoms with E-state index >= 15 is 0 Å². The molecule has 0 amide bonds. The van der Waals surface area contributed by atoms with E-state index in [1.165, 1.54) is 11.1 Å². The lowest BCUT2D eigenvalue weighted by atomic mass is 10.0. The molecule has 0 unspecified atom stereocenters. The maximum atomic E-state index is 6.11. The number of hydrogen-bond donors (Lipinski definition) is 1. The first-order chi connectivity index (χ1) is 11.8. The van der Waals surface area contributed by atoms with Gasteiger partial charge >= 0.3 is 0 Å². The predicted octanol–water partition coefficient (Wildman–Crippen LogP) is 3.89. The van der Waals surface area contributed by atoms with E-state index in [1.807, 2.05) is 29.3 Å². The first kappa shape index (κ1) is 15.8. The number of para-hydroxylation sites is 1. The number of halogens is 1. The van der Waals surface area contributed by atoms with Crippen LogP contribution in [0.2, 0.25) is 5.02 Å². The Labute approximate surface area is 150 Å². The number of nitrogens with one attached hydrogen (secondary N) is 1. The van der Waals surface area contributed by atoms with Crippen LogP contribution in [0, 0.1) is 0 Å². The Morgan fingerprint density at radius 3 is 3.04 bits per heavy atom. The molecule has 0 saturated heterocycles. The quantitative estimate of drug-likeness (QED) is 0.898. The number of fused-ring (bicyclic) bond motifs is 1. The second kappa shape index (κ2) is 7.05. The summed E-state index contributed by atoms with van der Waals surface area (Å²) in [6, 6.07) is 14.1. The van der Waals surface area contributed by atoms with Gasteiger partial charge in [-0.1, -0.05) is 41.6 Å². The molecular weight excluding hydrogens is 342 g/mol. The average molecular weight is 360 g/mol. The van der Waals surface area contributed by atoms with E-state index in [2.05, 4.69) is 28.6 Å². The van der Waals surface area contributed by atoms with Crippen molar-refractivity contribution in [3.8, 4) is 5.75 Å². The summed E-state index contributed by atoms with van der Waals surface area (Å²) in [6.45, 7) is 2.45. The van der Waals surface area contributed by atoms with E-state index in [0.29, 0.717) is 17.4 Å². The van der Waals surface area contributed by atoms with Crippen LogP contribution in [-0.4, -0.2) is 24.1 Å². The Hall–Kier alpha value is -1.69. The van der Waals surface area contributed by atoms with Crippen molar-refractivity contribution in [3.63, 3.8) is 0 Å². The van der Waals surface area contributed by atoms with Crippen LogP contribution >= 0.6 is 23.4 Å². The van der Waals surface area contributed by atoms with Crippen molar-refractivity contribution >= 4 is 34.1 Å². The van der Waals surface area contributed by atoms with E-state index in [-0.39, 0.29) is 0 Å². The molecule has 0 radical (unpaired) electrons. The maximum absolute atomic E-state index is 6.11. The minimum atomic E-state index is 0.444. The van der Waals surface area contributed by atoms with Gasteiger partial charge in [-0.25, -0.2) is 0 Å². The SMILES string of the molecule is Clc1ccccc1OCC1=NN(c2ccc3c(c2)CCNC3)CS1. The molecule has 1 N–H and O–H groups in total. The van der Waals surface area contributed by atoms with Crippen LogP contribution in [0.15, 0.2) is 47.6 Å². The predicted molar refractivity (Wildman–Crippen MR) is 101 cm³/mol. The normalized spacial score (nSPS) is 16.7. The lowest BCUT2D eigenvalue weighted by Crippen LogP contribution is -2.24. The Bertz CT molecular complexity index is 781. The largest absolute Gasteiger partial charge is 0.485 e.